The Kier molecular flexibility index (Phi) is 6.42. The molecule has 3 aromatic heterocycles. The summed E-state index contributed by atoms with van der Waals surface area (Å²) in [6.45, 7) is 0. The molecule has 11 aromatic rings. The largest absolute Gasteiger partial charge is 0.456 e. The third-order valence-corrected chi connectivity index (χ3v) is 11.4. The number of thiophene rings is 1. The van der Waals surface area contributed by atoms with E-state index in [2.05, 4.69) is 164 Å². The number of para-hydroxylation sites is 1. The minimum Gasteiger partial charge on any atom is -0.456 e. The highest BCUT2D eigenvalue weighted by Gasteiger charge is 2.22. The van der Waals surface area contributed by atoms with E-state index in [-0.39, 0.29) is 0 Å². The number of hydrogen-bond acceptors (Lipinski definition) is 4. The van der Waals surface area contributed by atoms with Crippen LogP contribution >= 0.6 is 11.3 Å². The van der Waals surface area contributed by atoms with Gasteiger partial charge in [0.15, 0.2) is 5.82 Å². The van der Waals surface area contributed by atoms with Gasteiger partial charge in [0.25, 0.3) is 0 Å². The van der Waals surface area contributed by atoms with Gasteiger partial charge in [-0.15, -0.1) is 11.3 Å². The van der Waals surface area contributed by atoms with Crippen LogP contribution in [0.5, 0.6) is 0 Å². The second kappa shape index (κ2) is 11.5. The maximum Gasteiger partial charge on any atom is 0.160 e. The topological polar surface area (TPSA) is 38.9 Å². The summed E-state index contributed by atoms with van der Waals surface area (Å²) >= 11 is 1.75. The summed E-state index contributed by atoms with van der Waals surface area (Å²) in [7, 11) is 0. The molecule has 3 nitrogen and oxygen atoms in total. The molecule has 0 saturated carbocycles. The van der Waals surface area contributed by atoms with Gasteiger partial charge in [0.2, 0.25) is 0 Å². The van der Waals surface area contributed by atoms with Crippen molar-refractivity contribution in [2.75, 3.05) is 0 Å². The Bertz CT molecular complexity index is 3190. The first-order valence-electron chi connectivity index (χ1n) is 17.5. The molecule has 0 aliphatic carbocycles. The molecule has 0 spiro atoms. The molecule has 0 bridgehead atoms. The van der Waals surface area contributed by atoms with Gasteiger partial charge in [0, 0.05) is 32.0 Å². The third kappa shape index (κ3) is 4.65. The molecule has 11 rings (SSSR count). The summed E-state index contributed by atoms with van der Waals surface area (Å²) in [6.07, 6.45) is 0. The van der Waals surface area contributed by atoms with Gasteiger partial charge in [-0.1, -0.05) is 127 Å². The van der Waals surface area contributed by atoms with Crippen LogP contribution in [0.25, 0.3) is 109 Å². The number of hydrogen-bond donors (Lipinski definition) is 0. The van der Waals surface area contributed by atoms with Crippen molar-refractivity contribution in [3.63, 3.8) is 0 Å². The number of nitrogens with zero attached hydrogens (tertiary/aromatic N) is 2. The van der Waals surface area contributed by atoms with Gasteiger partial charge in [-0.3, -0.25) is 0 Å². The minimum atomic E-state index is 0.711. The van der Waals surface area contributed by atoms with E-state index in [9.17, 15) is 0 Å². The van der Waals surface area contributed by atoms with E-state index >= 15 is 0 Å². The second-order valence-electron chi connectivity index (χ2n) is 13.4. The van der Waals surface area contributed by atoms with E-state index in [0.29, 0.717) is 5.82 Å². The summed E-state index contributed by atoms with van der Waals surface area (Å²) in [5.41, 5.74) is 10.3. The van der Waals surface area contributed by atoms with Crippen molar-refractivity contribution in [2.24, 2.45) is 0 Å². The lowest BCUT2D eigenvalue weighted by Gasteiger charge is -2.12. The maximum absolute atomic E-state index is 6.62. The first-order chi connectivity index (χ1) is 25.7. The van der Waals surface area contributed by atoms with Gasteiger partial charge in [-0.25, -0.2) is 9.97 Å². The number of furan rings is 1. The summed E-state index contributed by atoms with van der Waals surface area (Å²) in [6, 6.07) is 60.3. The highest BCUT2D eigenvalue weighted by atomic mass is 32.1. The van der Waals surface area contributed by atoms with Crippen LogP contribution in [0.3, 0.4) is 0 Å². The Labute approximate surface area is 303 Å². The van der Waals surface area contributed by atoms with Crippen molar-refractivity contribution in [3.8, 4) is 44.9 Å². The molecule has 8 aromatic carbocycles. The van der Waals surface area contributed by atoms with Crippen LogP contribution in [0.4, 0.5) is 0 Å². The van der Waals surface area contributed by atoms with Gasteiger partial charge < -0.3 is 4.42 Å². The van der Waals surface area contributed by atoms with Crippen LogP contribution in [0.2, 0.25) is 0 Å². The van der Waals surface area contributed by atoms with Gasteiger partial charge in [0.1, 0.15) is 11.2 Å². The van der Waals surface area contributed by atoms with Crippen molar-refractivity contribution in [1.82, 2.24) is 9.97 Å². The molecular weight excluding hydrogens is 653 g/mol. The molecular formula is C48H28N2OS. The third-order valence-electron chi connectivity index (χ3n) is 10.2. The fourth-order valence-electron chi connectivity index (χ4n) is 7.67. The minimum absolute atomic E-state index is 0.711. The van der Waals surface area contributed by atoms with Crippen molar-refractivity contribution >= 4 is 75.1 Å². The van der Waals surface area contributed by atoms with Crippen molar-refractivity contribution in [1.29, 1.82) is 0 Å². The lowest BCUT2D eigenvalue weighted by molar-refractivity contribution is 0.669. The second-order valence-corrected chi connectivity index (χ2v) is 14.4. The van der Waals surface area contributed by atoms with E-state index in [1.54, 1.807) is 11.3 Å². The Morgan fingerprint density at radius 1 is 0.423 bits per heavy atom. The summed E-state index contributed by atoms with van der Waals surface area (Å²) in [5, 5.41) is 8.04. The molecule has 0 atom stereocenters. The molecule has 0 N–H and O–H groups in total. The number of benzene rings is 8. The van der Waals surface area contributed by atoms with Crippen molar-refractivity contribution in [2.45, 2.75) is 0 Å². The average Bonchev–Trinajstić information content (AvgIpc) is 3.78. The highest BCUT2D eigenvalue weighted by Crippen LogP contribution is 2.45. The number of fused-ring (bicyclic) bond motifs is 8. The Morgan fingerprint density at radius 3 is 1.90 bits per heavy atom. The fraction of sp³-hybridized carbons (Fsp3) is 0. The first-order valence-corrected chi connectivity index (χ1v) is 18.3. The molecule has 0 aliphatic rings. The molecule has 0 fully saturated rings. The predicted molar refractivity (Wildman–Crippen MR) is 219 cm³/mol. The number of rotatable bonds is 4. The van der Waals surface area contributed by atoms with Crippen LogP contribution in [0.1, 0.15) is 0 Å². The van der Waals surface area contributed by atoms with Crippen LogP contribution in [-0.4, -0.2) is 9.97 Å². The zero-order chi connectivity index (χ0) is 34.2. The summed E-state index contributed by atoms with van der Waals surface area (Å²) < 4.78 is 8.89. The van der Waals surface area contributed by atoms with E-state index in [4.69, 9.17) is 14.4 Å². The van der Waals surface area contributed by atoms with Crippen LogP contribution < -0.4 is 0 Å². The van der Waals surface area contributed by atoms with E-state index in [0.717, 1.165) is 70.9 Å². The van der Waals surface area contributed by atoms with E-state index in [1.807, 2.05) is 6.07 Å². The smallest absolute Gasteiger partial charge is 0.160 e. The van der Waals surface area contributed by atoms with Crippen LogP contribution in [0, 0.1) is 0 Å². The van der Waals surface area contributed by atoms with E-state index < -0.39 is 0 Å². The molecule has 52 heavy (non-hydrogen) atoms. The van der Waals surface area contributed by atoms with Crippen molar-refractivity contribution < 1.29 is 4.42 Å². The predicted octanol–water partition coefficient (Wildman–Crippen LogP) is 13.7. The molecule has 0 aliphatic heterocycles. The Balaban J connectivity index is 1.17. The first kappa shape index (κ1) is 29.1. The number of aromatic nitrogens is 2. The van der Waals surface area contributed by atoms with Crippen molar-refractivity contribution in [3.05, 3.63) is 170 Å². The average molecular weight is 681 g/mol. The molecule has 0 saturated heterocycles. The summed E-state index contributed by atoms with van der Waals surface area (Å²) in [5.74, 6) is 0.711. The van der Waals surface area contributed by atoms with Gasteiger partial charge in [-0.2, -0.15) is 0 Å². The van der Waals surface area contributed by atoms with Crippen LogP contribution in [-0.2, 0) is 0 Å². The summed E-state index contributed by atoms with van der Waals surface area (Å²) in [4.78, 5) is 10.7. The van der Waals surface area contributed by atoms with Gasteiger partial charge >= 0.3 is 0 Å². The zero-order valence-corrected chi connectivity index (χ0v) is 28.7. The molecule has 4 heteroatoms. The SMILES string of the molecule is c1ccc(-c2ccc3cc(-c4cc(-c5nc(-c6ccc7ccccc7c6)nc6c5sc5ccccc56)c5c(c4)oc4ccccc45)ccc3c2)cc1. The lowest BCUT2D eigenvalue weighted by atomic mass is 9.94. The van der Waals surface area contributed by atoms with E-state index in [1.165, 1.54) is 32.0 Å². The maximum atomic E-state index is 6.62. The highest BCUT2D eigenvalue weighted by molar-refractivity contribution is 7.26. The zero-order valence-electron chi connectivity index (χ0n) is 27.9. The standard InChI is InChI=1S/C48H28N2OS/c1-2-10-29(11-3-1)32-19-20-34-25-35(22-21-33(34)24-32)37-27-40(44-38-14-6-8-16-41(38)51-42(44)28-37)46-47-45(39-15-7-9-17-43(39)52-47)49-48(50-46)36-23-18-30-12-4-5-13-31(30)26-36/h1-28H. The molecule has 0 radical (unpaired) electrons. The quantitative estimate of drug-likeness (QED) is 0.186. The normalized spacial score (nSPS) is 11.8. The Hall–Kier alpha value is -6.62. The molecule has 242 valence electrons. The fourth-order valence-corrected chi connectivity index (χ4v) is 8.82. The Morgan fingerprint density at radius 2 is 1.06 bits per heavy atom. The van der Waals surface area contributed by atoms with Crippen LogP contribution in [0.15, 0.2) is 174 Å². The van der Waals surface area contributed by atoms with Gasteiger partial charge in [-0.05, 0) is 86.3 Å². The molecule has 3 heterocycles. The monoisotopic (exact) mass is 680 g/mol. The lowest BCUT2D eigenvalue weighted by Crippen LogP contribution is -1.95. The molecule has 0 unspecified atom stereocenters. The molecule has 0 amide bonds. The van der Waals surface area contributed by atoms with Gasteiger partial charge in [0.05, 0.1) is 15.9 Å².